The van der Waals surface area contributed by atoms with E-state index in [0.29, 0.717) is 25.2 Å². The van der Waals surface area contributed by atoms with Gasteiger partial charge >= 0.3 is 0 Å². The van der Waals surface area contributed by atoms with Gasteiger partial charge in [-0.15, -0.1) is 0 Å². The van der Waals surface area contributed by atoms with Gasteiger partial charge < -0.3 is 10.6 Å². The molecule has 1 heterocycles. The molecule has 6 nitrogen and oxygen atoms in total. The Labute approximate surface area is 123 Å². The summed E-state index contributed by atoms with van der Waals surface area (Å²) in [6.45, 7) is 2.52. The Balaban J connectivity index is 1.92. The highest BCUT2D eigenvalue weighted by Gasteiger charge is 2.12. The highest BCUT2D eigenvalue weighted by molar-refractivity contribution is 5.92. The number of hydrogen-bond acceptors (Lipinski definition) is 3. The van der Waals surface area contributed by atoms with Gasteiger partial charge in [-0.05, 0) is 18.6 Å². The van der Waals surface area contributed by atoms with Crippen molar-refractivity contribution < 1.29 is 9.59 Å². The molecule has 0 radical (unpaired) electrons. The number of amides is 2. The van der Waals surface area contributed by atoms with Crippen molar-refractivity contribution >= 4 is 11.8 Å². The Bertz CT molecular complexity index is 607. The van der Waals surface area contributed by atoms with E-state index < -0.39 is 0 Å². The molecule has 2 amide bonds. The number of aromatic nitrogens is 2. The van der Waals surface area contributed by atoms with Gasteiger partial charge in [-0.25, -0.2) is 4.98 Å². The van der Waals surface area contributed by atoms with E-state index >= 15 is 0 Å². The van der Waals surface area contributed by atoms with Crippen LogP contribution in [0.25, 0.3) is 5.69 Å². The standard InChI is InChI=1S/C15H18N4O2/c1-12(20)17-8-5-9-18-15(21)14-10-16-11-19(14)13-6-3-2-4-7-13/h2-4,6-7,10-11H,5,8-9H2,1H3,(H,17,20)(H,18,21). The van der Waals surface area contributed by atoms with E-state index in [1.165, 1.54) is 13.1 Å². The van der Waals surface area contributed by atoms with Crippen LogP contribution < -0.4 is 10.6 Å². The number of nitrogens with zero attached hydrogens (tertiary/aromatic N) is 2. The third-order valence-corrected chi connectivity index (χ3v) is 2.92. The van der Waals surface area contributed by atoms with Crippen LogP contribution >= 0.6 is 0 Å². The van der Waals surface area contributed by atoms with Gasteiger partial charge in [0.15, 0.2) is 0 Å². The van der Waals surface area contributed by atoms with Crippen LogP contribution in [0, 0.1) is 0 Å². The zero-order chi connectivity index (χ0) is 15.1. The first kappa shape index (κ1) is 14.8. The molecule has 0 atom stereocenters. The maximum absolute atomic E-state index is 12.1. The molecule has 2 aromatic rings. The number of imidazole rings is 1. The lowest BCUT2D eigenvalue weighted by Gasteiger charge is -2.09. The monoisotopic (exact) mass is 286 g/mol. The molecule has 0 unspecified atom stereocenters. The third-order valence-electron chi connectivity index (χ3n) is 2.92. The minimum Gasteiger partial charge on any atom is -0.356 e. The number of carbonyl (C=O) groups excluding carboxylic acids is 2. The van der Waals surface area contributed by atoms with Gasteiger partial charge in [-0.1, -0.05) is 18.2 Å². The molecule has 0 aliphatic rings. The molecule has 0 saturated carbocycles. The van der Waals surface area contributed by atoms with Crippen molar-refractivity contribution in [1.29, 1.82) is 0 Å². The summed E-state index contributed by atoms with van der Waals surface area (Å²) < 4.78 is 1.74. The molecule has 110 valence electrons. The summed E-state index contributed by atoms with van der Waals surface area (Å²) in [5, 5.41) is 5.50. The minimum atomic E-state index is -0.181. The topological polar surface area (TPSA) is 76.0 Å². The SMILES string of the molecule is CC(=O)NCCCNC(=O)c1cncn1-c1ccccc1. The van der Waals surface area contributed by atoms with Crippen LogP contribution in [0.1, 0.15) is 23.8 Å². The van der Waals surface area contributed by atoms with E-state index in [1.807, 2.05) is 30.3 Å². The van der Waals surface area contributed by atoms with Crippen molar-refractivity contribution in [1.82, 2.24) is 20.2 Å². The van der Waals surface area contributed by atoms with Crippen molar-refractivity contribution in [2.24, 2.45) is 0 Å². The Morgan fingerprint density at radius 2 is 1.86 bits per heavy atom. The zero-order valence-electron chi connectivity index (χ0n) is 11.9. The molecule has 2 N–H and O–H groups in total. The summed E-state index contributed by atoms with van der Waals surface area (Å²) >= 11 is 0. The molecule has 0 aliphatic carbocycles. The summed E-state index contributed by atoms with van der Waals surface area (Å²) in [5.41, 5.74) is 1.37. The average Bonchev–Trinajstić information content (AvgIpc) is 2.97. The lowest BCUT2D eigenvalue weighted by Crippen LogP contribution is -2.29. The number of hydrogen-bond donors (Lipinski definition) is 2. The number of carbonyl (C=O) groups is 2. The van der Waals surface area contributed by atoms with E-state index in [1.54, 1.807) is 10.9 Å². The second kappa shape index (κ2) is 7.23. The van der Waals surface area contributed by atoms with Crippen molar-refractivity contribution in [3.63, 3.8) is 0 Å². The molecule has 2 rings (SSSR count). The van der Waals surface area contributed by atoms with Gasteiger partial charge in [0.2, 0.25) is 5.91 Å². The van der Waals surface area contributed by atoms with Crippen LogP contribution in [-0.2, 0) is 4.79 Å². The molecule has 0 fully saturated rings. The predicted molar refractivity (Wildman–Crippen MR) is 79.2 cm³/mol. The lowest BCUT2D eigenvalue weighted by atomic mass is 10.3. The fraction of sp³-hybridized carbons (Fsp3) is 0.267. The van der Waals surface area contributed by atoms with Crippen molar-refractivity contribution in [3.8, 4) is 5.69 Å². The molecule has 1 aromatic carbocycles. The first-order valence-electron chi connectivity index (χ1n) is 6.79. The fourth-order valence-electron chi connectivity index (χ4n) is 1.90. The van der Waals surface area contributed by atoms with Crippen molar-refractivity contribution in [3.05, 3.63) is 48.5 Å². The largest absolute Gasteiger partial charge is 0.356 e. The van der Waals surface area contributed by atoms with E-state index in [-0.39, 0.29) is 11.8 Å². The highest BCUT2D eigenvalue weighted by atomic mass is 16.2. The van der Waals surface area contributed by atoms with Gasteiger partial charge in [-0.2, -0.15) is 0 Å². The molecule has 21 heavy (non-hydrogen) atoms. The van der Waals surface area contributed by atoms with E-state index in [9.17, 15) is 9.59 Å². The van der Waals surface area contributed by atoms with Crippen LogP contribution in [0.2, 0.25) is 0 Å². The van der Waals surface area contributed by atoms with Crippen LogP contribution in [0.15, 0.2) is 42.9 Å². The summed E-state index contributed by atoms with van der Waals surface area (Å²) in [4.78, 5) is 26.9. The quantitative estimate of drug-likeness (QED) is 0.782. The Morgan fingerprint density at radius 3 is 2.57 bits per heavy atom. The molecule has 6 heteroatoms. The maximum Gasteiger partial charge on any atom is 0.269 e. The fourth-order valence-corrected chi connectivity index (χ4v) is 1.90. The third kappa shape index (κ3) is 4.17. The van der Waals surface area contributed by atoms with Crippen molar-refractivity contribution in [2.45, 2.75) is 13.3 Å². The van der Waals surface area contributed by atoms with Crippen LogP contribution in [0.4, 0.5) is 0 Å². The normalized spacial score (nSPS) is 10.1. The molecular weight excluding hydrogens is 268 g/mol. The highest BCUT2D eigenvalue weighted by Crippen LogP contribution is 2.10. The first-order chi connectivity index (χ1) is 10.2. The number of para-hydroxylation sites is 1. The molecule has 0 spiro atoms. The summed E-state index contributed by atoms with van der Waals surface area (Å²) in [6, 6.07) is 9.56. The number of rotatable bonds is 6. The van der Waals surface area contributed by atoms with Gasteiger partial charge in [0, 0.05) is 25.7 Å². The van der Waals surface area contributed by atoms with Gasteiger partial charge in [0.1, 0.15) is 5.69 Å². The number of benzene rings is 1. The molecule has 1 aromatic heterocycles. The Morgan fingerprint density at radius 1 is 1.14 bits per heavy atom. The summed E-state index contributed by atoms with van der Waals surface area (Å²) in [5.74, 6) is -0.248. The molecule has 0 aliphatic heterocycles. The summed E-state index contributed by atoms with van der Waals surface area (Å²) in [6.07, 6.45) is 3.84. The van der Waals surface area contributed by atoms with Crippen molar-refractivity contribution in [2.75, 3.05) is 13.1 Å². The average molecular weight is 286 g/mol. The first-order valence-corrected chi connectivity index (χ1v) is 6.79. The zero-order valence-corrected chi connectivity index (χ0v) is 11.9. The van der Waals surface area contributed by atoms with E-state index in [0.717, 1.165) is 5.69 Å². The minimum absolute atomic E-state index is 0.0662. The smallest absolute Gasteiger partial charge is 0.269 e. The van der Waals surface area contributed by atoms with Gasteiger partial charge in [0.25, 0.3) is 5.91 Å². The second-order valence-electron chi connectivity index (χ2n) is 4.58. The van der Waals surface area contributed by atoms with Crippen LogP contribution in [0.3, 0.4) is 0 Å². The molecule has 0 bridgehead atoms. The maximum atomic E-state index is 12.1. The lowest BCUT2D eigenvalue weighted by molar-refractivity contribution is -0.118. The second-order valence-corrected chi connectivity index (χ2v) is 4.58. The van der Waals surface area contributed by atoms with Crippen LogP contribution in [0.5, 0.6) is 0 Å². The van der Waals surface area contributed by atoms with Gasteiger partial charge in [0.05, 0.1) is 12.5 Å². The van der Waals surface area contributed by atoms with E-state index in [2.05, 4.69) is 15.6 Å². The molecular formula is C15H18N4O2. The number of nitrogens with one attached hydrogen (secondary N) is 2. The van der Waals surface area contributed by atoms with Gasteiger partial charge in [-0.3, -0.25) is 14.2 Å². The Hall–Kier alpha value is -2.63. The predicted octanol–water partition coefficient (Wildman–Crippen LogP) is 1.13. The van der Waals surface area contributed by atoms with Crippen LogP contribution in [-0.4, -0.2) is 34.5 Å². The summed E-state index contributed by atoms with van der Waals surface area (Å²) in [7, 11) is 0. The Kier molecular flexibility index (Phi) is 5.09. The van der Waals surface area contributed by atoms with E-state index in [4.69, 9.17) is 0 Å². The molecule has 0 saturated heterocycles.